The number of hydrogen-bond donors (Lipinski definition) is 1. The maximum absolute atomic E-state index is 5.36. The van der Waals surface area contributed by atoms with Crippen LogP contribution in [0.3, 0.4) is 0 Å². The monoisotopic (exact) mass is 309 g/mol. The summed E-state index contributed by atoms with van der Waals surface area (Å²) in [6, 6.07) is 1.53. The zero-order chi connectivity index (χ0) is 9.80. The van der Waals surface area contributed by atoms with E-state index in [1.165, 1.54) is 38.5 Å². The first-order chi connectivity index (χ1) is 6.84. The fourth-order valence-corrected chi connectivity index (χ4v) is 3.14. The minimum absolute atomic E-state index is 0.736. The number of halogens is 1. The third kappa shape index (κ3) is 3.35. The van der Waals surface area contributed by atoms with Crippen molar-refractivity contribution >= 4 is 22.6 Å². The molecule has 0 aromatic rings. The molecule has 1 heterocycles. The highest BCUT2D eigenvalue weighted by Crippen LogP contribution is 2.25. The summed E-state index contributed by atoms with van der Waals surface area (Å²) in [5.41, 5.74) is 0. The van der Waals surface area contributed by atoms with Crippen molar-refractivity contribution in [2.45, 2.75) is 54.5 Å². The van der Waals surface area contributed by atoms with Crippen molar-refractivity contribution in [3.63, 3.8) is 0 Å². The van der Waals surface area contributed by atoms with Crippen molar-refractivity contribution in [1.29, 1.82) is 0 Å². The molecule has 14 heavy (non-hydrogen) atoms. The molecule has 1 aliphatic carbocycles. The summed E-state index contributed by atoms with van der Waals surface area (Å²) >= 11 is 2.59. The third-order valence-corrected chi connectivity index (χ3v) is 4.60. The number of hydrogen-bond acceptors (Lipinski definition) is 2. The third-order valence-electron chi connectivity index (χ3n) is 3.35. The molecule has 82 valence electrons. The molecule has 2 aliphatic rings. The normalized spacial score (nSPS) is 35.8. The number of rotatable bonds is 2. The predicted molar refractivity (Wildman–Crippen MR) is 67.0 cm³/mol. The molecular weight excluding hydrogens is 289 g/mol. The highest BCUT2D eigenvalue weighted by Gasteiger charge is 2.22. The Morgan fingerprint density at radius 2 is 1.43 bits per heavy atom. The van der Waals surface area contributed by atoms with E-state index in [2.05, 4.69) is 27.9 Å². The van der Waals surface area contributed by atoms with E-state index >= 15 is 0 Å². The van der Waals surface area contributed by atoms with Crippen molar-refractivity contribution in [3.8, 4) is 0 Å². The van der Waals surface area contributed by atoms with Crippen LogP contribution in [0, 0.1) is 0 Å². The first kappa shape index (κ1) is 11.1. The van der Waals surface area contributed by atoms with Gasteiger partial charge in [0.2, 0.25) is 0 Å². The van der Waals surface area contributed by atoms with Gasteiger partial charge in [-0.15, -0.1) is 0 Å². The van der Waals surface area contributed by atoms with Gasteiger partial charge in [0, 0.05) is 29.2 Å². The van der Waals surface area contributed by atoms with Crippen molar-refractivity contribution in [2.75, 3.05) is 13.2 Å². The Kier molecular flexibility index (Phi) is 4.50. The molecule has 0 radical (unpaired) electrons. The van der Waals surface area contributed by atoms with Crippen LogP contribution in [-0.2, 0) is 4.74 Å². The lowest BCUT2D eigenvalue weighted by Gasteiger charge is -2.32. The highest BCUT2D eigenvalue weighted by atomic mass is 127. The minimum Gasteiger partial charge on any atom is -0.381 e. The van der Waals surface area contributed by atoms with Crippen molar-refractivity contribution in [1.82, 2.24) is 5.32 Å². The minimum atomic E-state index is 0.736. The molecule has 1 N–H and O–H groups in total. The van der Waals surface area contributed by atoms with Gasteiger partial charge < -0.3 is 10.1 Å². The zero-order valence-electron chi connectivity index (χ0n) is 8.68. The van der Waals surface area contributed by atoms with E-state index in [9.17, 15) is 0 Å². The molecule has 1 aliphatic heterocycles. The second kappa shape index (κ2) is 5.66. The summed E-state index contributed by atoms with van der Waals surface area (Å²) in [7, 11) is 0. The van der Waals surface area contributed by atoms with Gasteiger partial charge in [0.05, 0.1) is 0 Å². The molecule has 2 nitrogen and oxygen atoms in total. The first-order valence-corrected chi connectivity index (χ1v) is 7.07. The molecule has 0 aromatic heterocycles. The molecular formula is C11H20INO. The lowest BCUT2D eigenvalue weighted by molar-refractivity contribution is 0.0734. The fourth-order valence-electron chi connectivity index (χ4n) is 2.42. The van der Waals surface area contributed by atoms with Crippen LogP contribution in [0.25, 0.3) is 0 Å². The van der Waals surface area contributed by atoms with E-state index < -0.39 is 0 Å². The van der Waals surface area contributed by atoms with Crippen LogP contribution < -0.4 is 5.32 Å². The van der Waals surface area contributed by atoms with Gasteiger partial charge >= 0.3 is 0 Å². The van der Waals surface area contributed by atoms with E-state index in [1.807, 2.05) is 0 Å². The molecule has 0 bridgehead atoms. The second-order valence-electron chi connectivity index (χ2n) is 4.50. The number of nitrogens with one attached hydrogen (secondary N) is 1. The van der Waals surface area contributed by atoms with Gasteiger partial charge in [-0.3, -0.25) is 0 Å². The fraction of sp³-hybridized carbons (Fsp3) is 1.00. The largest absolute Gasteiger partial charge is 0.381 e. The Bertz CT molecular complexity index is 163. The van der Waals surface area contributed by atoms with Gasteiger partial charge in [0.25, 0.3) is 0 Å². The molecule has 0 unspecified atom stereocenters. The first-order valence-electron chi connectivity index (χ1n) is 5.82. The maximum Gasteiger partial charge on any atom is 0.0480 e. The molecule has 3 heteroatoms. The molecule has 2 rings (SSSR count). The molecule has 0 atom stereocenters. The van der Waals surface area contributed by atoms with E-state index in [-0.39, 0.29) is 0 Å². The second-order valence-corrected chi connectivity index (χ2v) is 6.26. The van der Waals surface area contributed by atoms with Crippen LogP contribution in [0.4, 0.5) is 0 Å². The van der Waals surface area contributed by atoms with E-state index in [0.29, 0.717) is 0 Å². The number of alkyl halides is 1. The van der Waals surface area contributed by atoms with Gasteiger partial charge in [-0.25, -0.2) is 0 Å². The van der Waals surface area contributed by atoms with Crippen molar-refractivity contribution in [2.24, 2.45) is 0 Å². The van der Waals surface area contributed by atoms with Gasteiger partial charge in [-0.05, 0) is 38.5 Å². The smallest absolute Gasteiger partial charge is 0.0480 e. The van der Waals surface area contributed by atoms with Crippen molar-refractivity contribution < 1.29 is 4.74 Å². The summed E-state index contributed by atoms with van der Waals surface area (Å²) < 4.78 is 6.30. The van der Waals surface area contributed by atoms with Gasteiger partial charge in [0.1, 0.15) is 0 Å². The van der Waals surface area contributed by atoms with Crippen LogP contribution in [0.15, 0.2) is 0 Å². The maximum atomic E-state index is 5.36. The Labute approximate surface area is 100 Å². The molecule has 0 spiro atoms. The van der Waals surface area contributed by atoms with Gasteiger partial charge in [-0.2, -0.15) is 0 Å². The Hall–Kier alpha value is 0.650. The quantitative estimate of drug-likeness (QED) is 0.625. The topological polar surface area (TPSA) is 21.3 Å². The molecule has 0 aromatic carbocycles. The number of ether oxygens (including phenoxy) is 1. The lowest BCUT2D eigenvalue weighted by atomic mass is 9.94. The molecule has 1 saturated heterocycles. The average molecular weight is 309 g/mol. The SMILES string of the molecule is IC1CCC(NC2CCOCC2)CC1. The van der Waals surface area contributed by atoms with Crippen molar-refractivity contribution in [3.05, 3.63) is 0 Å². The van der Waals surface area contributed by atoms with Gasteiger partial charge in [-0.1, -0.05) is 22.6 Å². The van der Waals surface area contributed by atoms with Gasteiger partial charge in [0.15, 0.2) is 0 Å². The zero-order valence-corrected chi connectivity index (χ0v) is 10.8. The van der Waals surface area contributed by atoms with Crippen LogP contribution in [0.2, 0.25) is 0 Å². The Morgan fingerprint density at radius 3 is 2.07 bits per heavy atom. The standard InChI is InChI=1S/C11H20INO/c12-9-1-3-10(4-2-9)13-11-5-7-14-8-6-11/h9-11,13H,1-8H2. The summed E-state index contributed by atoms with van der Waals surface area (Å²) in [5, 5.41) is 3.80. The van der Waals surface area contributed by atoms with E-state index in [0.717, 1.165) is 29.2 Å². The summed E-state index contributed by atoms with van der Waals surface area (Å²) in [6.07, 6.45) is 7.99. The highest BCUT2D eigenvalue weighted by molar-refractivity contribution is 14.1. The molecule has 2 fully saturated rings. The lowest BCUT2D eigenvalue weighted by Crippen LogP contribution is -2.43. The Morgan fingerprint density at radius 1 is 0.857 bits per heavy atom. The van der Waals surface area contributed by atoms with Crippen LogP contribution in [0.1, 0.15) is 38.5 Å². The van der Waals surface area contributed by atoms with Crippen LogP contribution in [-0.4, -0.2) is 29.2 Å². The Balaban J connectivity index is 1.68. The van der Waals surface area contributed by atoms with E-state index in [4.69, 9.17) is 4.74 Å². The molecule has 1 saturated carbocycles. The van der Waals surface area contributed by atoms with Crippen LogP contribution >= 0.6 is 22.6 Å². The molecule has 0 amide bonds. The summed E-state index contributed by atoms with van der Waals surface area (Å²) in [5.74, 6) is 0. The summed E-state index contributed by atoms with van der Waals surface area (Å²) in [6.45, 7) is 1.92. The predicted octanol–water partition coefficient (Wildman–Crippen LogP) is 2.50. The van der Waals surface area contributed by atoms with E-state index in [1.54, 1.807) is 0 Å². The average Bonchev–Trinajstić information content (AvgIpc) is 2.23. The summed E-state index contributed by atoms with van der Waals surface area (Å²) in [4.78, 5) is 0. The van der Waals surface area contributed by atoms with Crippen LogP contribution in [0.5, 0.6) is 0 Å².